The number of benzene rings is 2. The largest absolute Gasteiger partial charge is 0.272 e. The minimum absolute atomic E-state index is 0.233. The number of hydrogen-bond acceptors (Lipinski definition) is 4. The molecule has 0 aromatic heterocycles. The lowest BCUT2D eigenvalue weighted by molar-refractivity contribution is -0.121. The van der Waals surface area contributed by atoms with Crippen molar-refractivity contribution < 1.29 is 13.2 Å². The van der Waals surface area contributed by atoms with Crippen molar-refractivity contribution in [3.8, 4) is 0 Å². The molecule has 6 nitrogen and oxygen atoms in total. The normalized spacial score (nSPS) is 12.0. The second-order valence-corrected chi connectivity index (χ2v) is 8.93. The zero-order valence-electron chi connectivity index (χ0n) is 16.5. The van der Waals surface area contributed by atoms with E-state index in [2.05, 4.69) is 24.4 Å². The highest BCUT2D eigenvalue weighted by Gasteiger charge is 2.19. The van der Waals surface area contributed by atoms with E-state index >= 15 is 0 Å². The van der Waals surface area contributed by atoms with Gasteiger partial charge in [0.25, 0.3) is 5.91 Å². The van der Waals surface area contributed by atoms with E-state index in [0.717, 1.165) is 21.7 Å². The minimum Gasteiger partial charge on any atom is -0.272 e. The van der Waals surface area contributed by atoms with Crippen molar-refractivity contribution in [2.75, 3.05) is 19.3 Å². The second kappa shape index (κ2) is 10.1. The van der Waals surface area contributed by atoms with Gasteiger partial charge in [-0.2, -0.15) is 9.41 Å². The summed E-state index contributed by atoms with van der Waals surface area (Å²) in [6.45, 7) is 4.20. The zero-order valence-corrected chi connectivity index (χ0v) is 17.3. The number of hydrazone groups is 1. The van der Waals surface area contributed by atoms with Crippen molar-refractivity contribution in [1.82, 2.24) is 9.73 Å². The van der Waals surface area contributed by atoms with Gasteiger partial charge in [0, 0.05) is 6.54 Å². The maximum Gasteiger partial charge on any atom is 0.255 e. The van der Waals surface area contributed by atoms with E-state index in [1.807, 2.05) is 54.6 Å². The molecular weight excluding hydrogens is 374 g/mol. The number of sulfonamides is 1. The molecule has 0 unspecified atom stereocenters. The average Bonchev–Trinajstić information content (AvgIpc) is 2.65. The molecule has 150 valence electrons. The molecule has 0 saturated carbocycles. The van der Waals surface area contributed by atoms with Crippen LogP contribution in [0.1, 0.15) is 36.5 Å². The number of amides is 1. The van der Waals surface area contributed by atoms with E-state index < -0.39 is 15.9 Å². The van der Waals surface area contributed by atoms with E-state index in [1.54, 1.807) is 0 Å². The molecule has 0 radical (unpaired) electrons. The summed E-state index contributed by atoms with van der Waals surface area (Å²) in [4.78, 5) is 12.1. The summed E-state index contributed by atoms with van der Waals surface area (Å²) in [7, 11) is -3.50. The molecule has 0 fully saturated rings. The minimum atomic E-state index is -3.50. The number of hydrogen-bond donors (Lipinski definition) is 1. The lowest BCUT2D eigenvalue weighted by Gasteiger charge is -2.18. The van der Waals surface area contributed by atoms with E-state index in [1.165, 1.54) is 11.8 Å². The summed E-state index contributed by atoms with van der Waals surface area (Å²) in [5, 5.41) is 3.92. The molecular formula is C21H27N3O3S. The summed E-state index contributed by atoms with van der Waals surface area (Å²) >= 11 is 0. The lowest BCUT2D eigenvalue weighted by atomic mass is 10.0. The molecule has 0 heterocycles. The van der Waals surface area contributed by atoms with Crippen LogP contribution < -0.4 is 5.43 Å². The third kappa shape index (κ3) is 7.25. The first-order chi connectivity index (χ1) is 13.3. The summed E-state index contributed by atoms with van der Waals surface area (Å²) in [5.74, 6) is -0.0305. The van der Waals surface area contributed by atoms with Crippen LogP contribution in [0.5, 0.6) is 0 Å². The van der Waals surface area contributed by atoms with Crippen LogP contribution in [-0.4, -0.2) is 44.2 Å². The molecule has 0 aliphatic heterocycles. The Kier molecular flexibility index (Phi) is 7.90. The quantitative estimate of drug-likeness (QED) is 0.518. The van der Waals surface area contributed by atoms with Crippen molar-refractivity contribution in [2.24, 2.45) is 5.10 Å². The number of carbonyl (C=O) groups excluding carboxylic acids is 1. The number of carbonyl (C=O) groups is 1. The molecule has 2 rings (SSSR count). The second-order valence-electron chi connectivity index (χ2n) is 6.95. The van der Waals surface area contributed by atoms with Gasteiger partial charge in [-0.05, 0) is 29.0 Å². The Morgan fingerprint density at radius 3 is 2.32 bits per heavy atom. The molecule has 1 N–H and O–H groups in total. The van der Waals surface area contributed by atoms with Crippen LogP contribution in [0.2, 0.25) is 0 Å². The topological polar surface area (TPSA) is 78.8 Å². The fourth-order valence-corrected chi connectivity index (χ4v) is 3.38. The van der Waals surface area contributed by atoms with Gasteiger partial charge in [-0.25, -0.2) is 13.8 Å². The van der Waals surface area contributed by atoms with Crippen molar-refractivity contribution in [2.45, 2.75) is 26.2 Å². The maximum absolute atomic E-state index is 12.1. The molecule has 1 amide bonds. The Morgan fingerprint density at radius 1 is 1.11 bits per heavy atom. The van der Waals surface area contributed by atoms with Crippen LogP contribution in [0.3, 0.4) is 0 Å². The van der Waals surface area contributed by atoms with Crippen molar-refractivity contribution in [3.05, 3.63) is 71.3 Å². The first-order valence-electron chi connectivity index (χ1n) is 9.16. The SMILES string of the molecule is CC(C)c1ccc(C=NNC(=O)CN(CCc2ccccc2)S(C)(=O)=O)cc1. The fourth-order valence-electron chi connectivity index (χ4n) is 2.60. The van der Waals surface area contributed by atoms with Gasteiger partial charge in [0.2, 0.25) is 10.0 Å². The smallest absolute Gasteiger partial charge is 0.255 e. The van der Waals surface area contributed by atoms with Gasteiger partial charge in [0.05, 0.1) is 19.0 Å². The highest BCUT2D eigenvalue weighted by Crippen LogP contribution is 2.13. The fraction of sp³-hybridized carbons (Fsp3) is 0.333. The van der Waals surface area contributed by atoms with Crippen LogP contribution in [0.4, 0.5) is 0 Å². The third-order valence-electron chi connectivity index (χ3n) is 4.29. The Balaban J connectivity index is 1.90. The molecule has 0 spiro atoms. The zero-order chi connectivity index (χ0) is 20.6. The highest BCUT2D eigenvalue weighted by molar-refractivity contribution is 7.88. The monoisotopic (exact) mass is 401 g/mol. The van der Waals surface area contributed by atoms with Crippen molar-refractivity contribution in [3.63, 3.8) is 0 Å². The van der Waals surface area contributed by atoms with Crippen molar-refractivity contribution >= 4 is 22.1 Å². The van der Waals surface area contributed by atoms with Gasteiger partial charge in [-0.15, -0.1) is 0 Å². The van der Waals surface area contributed by atoms with Gasteiger partial charge in [0.15, 0.2) is 0 Å². The highest BCUT2D eigenvalue weighted by atomic mass is 32.2. The molecule has 28 heavy (non-hydrogen) atoms. The van der Waals surface area contributed by atoms with Crippen molar-refractivity contribution in [1.29, 1.82) is 0 Å². The summed E-state index contributed by atoms with van der Waals surface area (Å²) in [6.07, 6.45) is 3.17. The first kappa shape index (κ1) is 21.8. The van der Waals surface area contributed by atoms with Crippen LogP contribution in [0.25, 0.3) is 0 Å². The van der Waals surface area contributed by atoms with E-state index in [4.69, 9.17) is 0 Å². The molecule has 0 aliphatic carbocycles. The molecule has 0 atom stereocenters. The summed E-state index contributed by atoms with van der Waals surface area (Å²) < 4.78 is 25.1. The van der Waals surface area contributed by atoms with Gasteiger partial charge in [0.1, 0.15) is 0 Å². The van der Waals surface area contributed by atoms with Crippen LogP contribution in [-0.2, 0) is 21.2 Å². The van der Waals surface area contributed by atoms with Crippen LogP contribution >= 0.6 is 0 Å². The summed E-state index contributed by atoms with van der Waals surface area (Å²) in [5.41, 5.74) is 5.49. The van der Waals surface area contributed by atoms with E-state index in [0.29, 0.717) is 12.3 Å². The summed E-state index contributed by atoms with van der Waals surface area (Å²) in [6, 6.07) is 17.4. The Hall–Kier alpha value is -2.51. The Labute approximate surface area is 167 Å². The molecule has 7 heteroatoms. The molecule has 2 aromatic carbocycles. The molecule has 2 aromatic rings. The van der Waals surface area contributed by atoms with Gasteiger partial charge in [-0.3, -0.25) is 4.79 Å². The predicted molar refractivity (Wildman–Crippen MR) is 113 cm³/mol. The van der Waals surface area contributed by atoms with E-state index in [9.17, 15) is 13.2 Å². The number of nitrogens with zero attached hydrogens (tertiary/aromatic N) is 2. The standard InChI is InChI=1S/C21H27N3O3S/c1-17(2)20-11-9-19(10-12-20)15-22-23-21(25)16-24(28(3,26)27)14-13-18-7-5-4-6-8-18/h4-12,15,17H,13-14,16H2,1-3H3,(H,23,25). The molecule has 0 bridgehead atoms. The Morgan fingerprint density at radius 2 is 1.75 bits per heavy atom. The maximum atomic E-state index is 12.1. The molecule has 0 saturated heterocycles. The molecule has 0 aliphatic rings. The average molecular weight is 402 g/mol. The number of nitrogens with one attached hydrogen (secondary N) is 1. The third-order valence-corrected chi connectivity index (χ3v) is 5.54. The van der Waals surface area contributed by atoms with Gasteiger partial charge < -0.3 is 0 Å². The predicted octanol–water partition coefficient (Wildman–Crippen LogP) is 2.76. The Bertz CT molecular complexity index is 892. The van der Waals surface area contributed by atoms with Crippen LogP contribution in [0, 0.1) is 0 Å². The lowest BCUT2D eigenvalue weighted by Crippen LogP contribution is -2.40. The van der Waals surface area contributed by atoms with Crippen LogP contribution in [0.15, 0.2) is 59.7 Å². The van der Waals surface area contributed by atoms with E-state index in [-0.39, 0.29) is 13.1 Å². The first-order valence-corrected chi connectivity index (χ1v) is 11.0. The van der Waals surface area contributed by atoms with Gasteiger partial charge in [-0.1, -0.05) is 68.4 Å². The number of rotatable bonds is 9. The van der Waals surface area contributed by atoms with Gasteiger partial charge >= 0.3 is 0 Å².